The number of carbonyl (C=O) groups is 3. The molecular weight excluding hydrogens is 675 g/mol. The molecule has 10 nitrogen and oxygen atoms in total. The molecule has 52 heavy (non-hydrogen) atoms. The van der Waals surface area contributed by atoms with Crippen LogP contribution in [-0.2, 0) is 11.0 Å². The van der Waals surface area contributed by atoms with Crippen molar-refractivity contribution in [2.45, 2.75) is 20.0 Å². The summed E-state index contributed by atoms with van der Waals surface area (Å²) < 4.78 is 50.5. The maximum atomic E-state index is 13.2. The Bertz CT molecular complexity index is 1840. The van der Waals surface area contributed by atoms with Crippen molar-refractivity contribution in [3.05, 3.63) is 95.2 Å². The number of hydrogen-bond acceptors (Lipinski definition) is 8. The van der Waals surface area contributed by atoms with Crippen molar-refractivity contribution in [2.24, 2.45) is 0 Å². The maximum Gasteiger partial charge on any atom is 0.416 e. The fraction of sp³-hybridized carbons (Fsp3) is 0.410. The summed E-state index contributed by atoms with van der Waals surface area (Å²) >= 11 is 0. The predicted molar refractivity (Wildman–Crippen MR) is 192 cm³/mol. The Morgan fingerprint density at radius 3 is 2.00 bits per heavy atom. The van der Waals surface area contributed by atoms with Crippen LogP contribution >= 0.6 is 0 Å². The predicted octanol–water partition coefficient (Wildman–Crippen LogP) is 5.51. The molecule has 3 aromatic carbocycles. The molecule has 13 heteroatoms. The third-order valence-corrected chi connectivity index (χ3v) is 9.85. The van der Waals surface area contributed by atoms with Crippen LogP contribution in [0.3, 0.4) is 0 Å². The van der Waals surface area contributed by atoms with E-state index < -0.39 is 11.7 Å². The monoisotopic (exact) mass is 719 g/mol. The summed E-state index contributed by atoms with van der Waals surface area (Å²) in [6, 6.07) is 19.1. The average Bonchev–Trinajstić information content (AvgIpc) is 3.59. The molecule has 0 unspecified atom stereocenters. The summed E-state index contributed by atoms with van der Waals surface area (Å²) in [4.78, 5) is 48.9. The fourth-order valence-electron chi connectivity index (χ4n) is 6.66. The van der Waals surface area contributed by atoms with Crippen LogP contribution in [0.5, 0.6) is 5.75 Å². The topological polar surface area (TPSA) is 89.8 Å². The molecule has 2 fully saturated rings. The number of ketones is 1. The number of carbonyl (C=O) groups excluding carboxylic acids is 3. The normalized spacial score (nSPS) is 15.9. The molecule has 0 radical (unpaired) electrons. The summed E-state index contributed by atoms with van der Waals surface area (Å²) in [5, 5.41) is 0.885. The first-order valence-corrected chi connectivity index (χ1v) is 17.8. The van der Waals surface area contributed by atoms with Crippen LogP contribution in [0, 0.1) is 0 Å². The zero-order chi connectivity index (χ0) is 36.8. The molecule has 1 aromatic heterocycles. The Kier molecular flexibility index (Phi) is 11.5. The van der Waals surface area contributed by atoms with Crippen molar-refractivity contribution in [1.29, 1.82) is 0 Å². The first-order chi connectivity index (χ1) is 25.0. The molecule has 2 aliphatic heterocycles. The number of benzene rings is 3. The molecule has 6 rings (SSSR count). The van der Waals surface area contributed by atoms with E-state index in [0.29, 0.717) is 75.1 Å². The van der Waals surface area contributed by atoms with E-state index >= 15 is 0 Å². The number of fused-ring (bicyclic) bond motifs is 1. The van der Waals surface area contributed by atoms with E-state index in [-0.39, 0.29) is 29.7 Å². The molecule has 2 saturated heterocycles. The van der Waals surface area contributed by atoms with Crippen LogP contribution in [0.15, 0.2) is 77.2 Å². The van der Waals surface area contributed by atoms with Gasteiger partial charge in [0.25, 0.3) is 5.91 Å². The van der Waals surface area contributed by atoms with Gasteiger partial charge < -0.3 is 23.9 Å². The smallest absolute Gasteiger partial charge is 0.416 e. The molecular formula is C39H44F3N5O5. The molecule has 0 aliphatic carbocycles. The van der Waals surface area contributed by atoms with Crippen LogP contribution in [-0.4, -0.2) is 122 Å². The van der Waals surface area contributed by atoms with Gasteiger partial charge in [0.05, 0.1) is 12.1 Å². The highest BCUT2D eigenvalue weighted by molar-refractivity contribution is 6.09. The summed E-state index contributed by atoms with van der Waals surface area (Å²) in [5.41, 5.74) is 1.69. The lowest BCUT2D eigenvalue weighted by molar-refractivity contribution is -0.137. The zero-order valence-corrected chi connectivity index (χ0v) is 29.5. The number of piperazine rings is 2. The van der Waals surface area contributed by atoms with Gasteiger partial charge in [-0.25, -0.2) is 0 Å². The third kappa shape index (κ3) is 8.76. The molecule has 3 heterocycles. The Morgan fingerprint density at radius 1 is 0.750 bits per heavy atom. The first kappa shape index (κ1) is 36.9. The van der Waals surface area contributed by atoms with Gasteiger partial charge in [0.15, 0.2) is 5.76 Å². The molecule has 0 spiro atoms. The second-order valence-corrected chi connectivity index (χ2v) is 13.1. The summed E-state index contributed by atoms with van der Waals surface area (Å²) in [5.74, 6) is 0.510. The lowest BCUT2D eigenvalue weighted by Crippen LogP contribution is -2.54. The van der Waals surface area contributed by atoms with E-state index in [9.17, 15) is 27.6 Å². The highest BCUT2D eigenvalue weighted by Crippen LogP contribution is 2.30. The Morgan fingerprint density at radius 2 is 1.37 bits per heavy atom. The van der Waals surface area contributed by atoms with Gasteiger partial charge in [-0.15, -0.1) is 0 Å². The van der Waals surface area contributed by atoms with E-state index in [1.165, 1.54) is 12.1 Å². The number of anilines is 1. The van der Waals surface area contributed by atoms with Crippen LogP contribution in [0.1, 0.15) is 45.9 Å². The number of furan rings is 1. The number of nitrogens with zero attached hydrogens (tertiary/aromatic N) is 5. The summed E-state index contributed by atoms with van der Waals surface area (Å²) in [6.07, 6.45) is -4.45. The van der Waals surface area contributed by atoms with Gasteiger partial charge in [-0.3, -0.25) is 24.2 Å². The fourth-order valence-corrected chi connectivity index (χ4v) is 6.66. The van der Waals surface area contributed by atoms with Crippen LogP contribution < -0.4 is 9.64 Å². The largest absolute Gasteiger partial charge is 0.492 e. The van der Waals surface area contributed by atoms with Gasteiger partial charge in [0, 0.05) is 100 Å². The van der Waals surface area contributed by atoms with Crippen LogP contribution in [0.25, 0.3) is 11.0 Å². The van der Waals surface area contributed by atoms with E-state index in [2.05, 4.69) is 23.6 Å². The molecule has 2 amide bonds. The third-order valence-electron chi connectivity index (χ3n) is 9.85. The van der Waals surface area contributed by atoms with Gasteiger partial charge in [-0.05, 0) is 80.6 Å². The Hall–Kier alpha value is -4.88. The van der Waals surface area contributed by atoms with Gasteiger partial charge in [-0.1, -0.05) is 0 Å². The number of alkyl halides is 3. The average molecular weight is 720 g/mol. The van der Waals surface area contributed by atoms with Crippen LogP contribution in [0.4, 0.5) is 18.9 Å². The van der Waals surface area contributed by atoms with E-state index in [0.717, 1.165) is 49.4 Å². The molecule has 0 saturated carbocycles. The minimum atomic E-state index is -4.45. The van der Waals surface area contributed by atoms with Crippen molar-refractivity contribution in [1.82, 2.24) is 19.6 Å². The van der Waals surface area contributed by atoms with Gasteiger partial charge in [0.1, 0.15) is 17.9 Å². The first-order valence-electron chi connectivity index (χ1n) is 17.8. The Balaban J connectivity index is 0.889. The lowest BCUT2D eigenvalue weighted by atomic mass is 10.1. The second kappa shape index (κ2) is 16.2. The van der Waals surface area contributed by atoms with Crippen molar-refractivity contribution in [3.63, 3.8) is 0 Å². The minimum Gasteiger partial charge on any atom is -0.492 e. The maximum absolute atomic E-state index is 13.2. The molecule has 4 aromatic rings. The highest BCUT2D eigenvalue weighted by atomic mass is 19.4. The van der Waals surface area contributed by atoms with Crippen molar-refractivity contribution >= 4 is 34.3 Å². The summed E-state index contributed by atoms with van der Waals surface area (Å²) in [7, 11) is 0. The second-order valence-electron chi connectivity index (χ2n) is 13.1. The van der Waals surface area contributed by atoms with Crippen molar-refractivity contribution in [3.8, 4) is 5.75 Å². The van der Waals surface area contributed by atoms with Crippen LogP contribution in [0.2, 0.25) is 0 Å². The molecule has 0 bridgehead atoms. The minimum absolute atomic E-state index is 0.0417. The van der Waals surface area contributed by atoms with Gasteiger partial charge in [0.2, 0.25) is 11.7 Å². The number of hydrogen-bond donors (Lipinski definition) is 0. The number of rotatable bonds is 12. The standard InChI is InChI=1S/C39H44F3N5O5/c1-3-45(4-2)32-12-7-30-25-35(52-34(30)26-32)37(49)28-8-13-33(14-9-28)51-24-23-43-15-19-46(20-16-43)36(48)27-44-17-21-47(22-18-44)38(50)29-5-10-31(11-6-29)39(40,41)42/h5-14,25-26H,3-4,15-24,27H2,1-2H3. The molecule has 0 atom stereocenters. The Labute approximate surface area is 301 Å². The van der Waals surface area contributed by atoms with E-state index in [1.807, 2.05) is 28.0 Å². The molecule has 276 valence electrons. The zero-order valence-electron chi connectivity index (χ0n) is 29.5. The van der Waals surface area contributed by atoms with Gasteiger partial charge in [-0.2, -0.15) is 13.2 Å². The summed E-state index contributed by atoms with van der Waals surface area (Å²) in [6.45, 7) is 11.9. The van der Waals surface area contributed by atoms with Gasteiger partial charge >= 0.3 is 6.18 Å². The highest BCUT2D eigenvalue weighted by Gasteiger charge is 2.31. The number of ether oxygens (including phenoxy) is 1. The number of halogens is 3. The quantitative estimate of drug-likeness (QED) is 0.177. The van der Waals surface area contributed by atoms with Crippen molar-refractivity contribution < 1.29 is 36.7 Å². The lowest BCUT2D eigenvalue weighted by Gasteiger charge is -2.38. The molecule has 0 N–H and O–H groups in total. The van der Waals surface area contributed by atoms with E-state index in [4.69, 9.17) is 9.15 Å². The molecule has 2 aliphatic rings. The number of amides is 2. The van der Waals surface area contributed by atoms with E-state index in [1.54, 1.807) is 35.2 Å². The SMILES string of the molecule is CCN(CC)c1ccc2cc(C(=O)c3ccc(OCCN4CCN(C(=O)CN5CCN(C(=O)c6ccc(C(F)(F)F)cc6)CC5)CC4)cc3)oc2c1. The van der Waals surface area contributed by atoms with Crippen molar-refractivity contribution in [2.75, 3.05) is 90.0 Å².